The highest BCUT2D eigenvalue weighted by molar-refractivity contribution is 6.23. The van der Waals surface area contributed by atoms with Crippen molar-refractivity contribution in [3.05, 3.63) is 129 Å². The molecule has 0 unspecified atom stereocenters. The molecule has 4 aromatic rings. The summed E-state index contributed by atoms with van der Waals surface area (Å²) < 4.78 is 0. The highest BCUT2D eigenvalue weighted by Crippen LogP contribution is 2.47. The fourth-order valence-electron chi connectivity index (χ4n) is 11.1. The number of aryl methyl sites for hydroxylation is 1. The summed E-state index contributed by atoms with van der Waals surface area (Å²) in [6.45, 7) is 5.53. The monoisotopic (exact) mass is 805 g/mol. The number of imide groups is 2. The summed E-state index contributed by atoms with van der Waals surface area (Å²) >= 11 is 0. The largest absolute Gasteiger partial charge is 0.508 e. The van der Waals surface area contributed by atoms with Gasteiger partial charge in [-0.1, -0.05) is 48.5 Å². The molecule has 10 rings (SSSR count). The van der Waals surface area contributed by atoms with E-state index in [4.69, 9.17) is 0 Å². The Morgan fingerprint density at radius 1 is 0.683 bits per heavy atom. The Labute approximate surface area is 350 Å². The number of hydrogen-bond acceptors (Lipinski definition) is 8. The molecule has 60 heavy (non-hydrogen) atoms. The number of amides is 5. The first-order valence-corrected chi connectivity index (χ1v) is 21.8. The van der Waals surface area contributed by atoms with E-state index in [0.717, 1.165) is 87.3 Å². The number of nitrogens with one attached hydrogen (secondary N) is 1. The molecule has 3 saturated heterocycles. The van der Waals surface area contributed by atoms with Crippen LogP contribution in [0.4, 0.5) is 5.69 Å². The molecule has 5 heterocycles. The van der Waals surface area contributed by atoms with Gasteiger partial charge < -0.3 is 14.9 Å². The molecule has 308 valence electrons. The molecule has 3 atom stereocenters. The number of carbonyl (C=O) groups is 5. The van der Waals surface area contributed by atoms with Crippen molar-refractivity contribution < 1.29 is 29.1 Å². The fourth-order valence-corrected chi connectivity index (χ4v) is 11.1. The number of anilines is 1. The number of fused-ring (bicyclic) bond motifs is 3. The molecule has 5 aliphatic heterocycles. The third kappa shape index (κ3) is 7.06. The summed E-state index contributed by atoms with van der Waals surface area (Å²) in [4.78, 5) is 72.5. The van der Waals surface area contributed by atoms with Crippen molar-refractivity contribution in [3.8, 4) is 5.75 Å². The van der Waals surface area contributed by atoms with Gasteiger partial charge in [0.25, 0.3) is 11.8 Å². The van der Waals surface area contributed by atoms with Crippen LogP contribution in [0.5, 0.6) is 5.75 Å². The molecule has 6 aliphatic rings. The summed E-state index contributed by atoms with van der Waals surface area (Å²) in [5.41, 5.74) is 9.11. The van der Waals surface area contributed by atoms with E-state index in [1.807, 2.05) is 24.3 Å². The van der Waals surface area contributed by atoms with Crippen LogP contribution < -0.4 is 10.2 Å². The molecule has 0 aromatic heterocycles. The third-order valence-electron chi connectivity index (χ3n) is 14.3. The zero-order chi connectivity index (χ0) is 41.1. The van der Waals surface area contributed by atoms with Gasteiger partial charge in [0.15, 0.2) is 0 Å². The average Bonchev–Trinajstić information content (AvgIpc) is 3.78. The first kappa shape index (κ1) is 38.4. The Bertz CT molecular complexity index is 2320. The molecule has 0 spiro atoms. The standard InChI is InChI=1S/C49H51N5O6/c55-38-11-13-40-34(24-38)8-12-39(31-4-2-1-3-5-31)45(40)32-6-9-37(10-7-32)52-22-18-33(19-23-52)47(58)53-20-16-30(17-21-53)27-51-28-35-25-41-42(26-36(35)29-51)49(60)54(48(41)59)43-14-15-44(56)50-46(43)57/h1-7,9-11,13,24-26,30,33,39,43,45,55H,8,12,14-23,27-29H2,(H,50,56,57)/t39-,43-,45+/m1/s1. The van der Waals surface area contributed by atoms with Crippen molar-refractivity contribution >= 4 is 35.2 Å². The zero-order valence-corrected chi connectivity index (χ0v) is 33.9. The van der Waals surface area contributed by atoms with Crippen molar-refractivity contribution in [1.29, 1.82) is 0 Å². The van der Waals surface area contributed by atoms with E-state index in [9.17, 15) is 29.1 Å². The van der Waals surface area contributed by atoms with Gasteiger partial charge in [-0.15, -0.1) is 0 Å². The molecular formula is C49H51N5O6. The van der Waals surface area contributed by atoms with Crippen LogP contribution in [0.2, 0.25) is 0 Å². The predicted octanol–water partition coefficient (Wildman–Crippen LogP) is 6.13. The molecule has 11 nitrogen and oxygen atoms in total. The predicted molar refractivity (Wildman–Crippen MR) is 225 cm³/mol. The van der Waals surface area contributed by atoms with Crippen LogP contribution >= 0.6 is 0 Å². The lowest BCUT2D eigenvalue weighted by Crippen LogP contribution is -2.54. The van der Waals surface area contributed by atoms with Gasteiger partial charge in [-0.2, -0.15) is 0 Å². The first-order valence-electron chi connectivity index (χ1n) is 21.8. The topological polar surface area (TPSA) is 131 Å². The Morgan fingerprint density at radius 3 is 2.03 bits per heavy atom. The van der Waals surface area contributed by atoms with Crippen molar-refractivity contribution in [2.24, 2.45) is 11.8 Å². The van der Waals surface area contributed by atoms with E-state index in [1.165, 1.54) is 27.9 Å². The number of aromatic hydroxyl groups is 1. The summed E-state index contributed by atoms with van der Waals surface area (Å²) in [6, 6.07) is 28.4. The smallest absolute Gasteiger partial charge is 0.262 e. The fraction of sp³-hybridized carbons (Fsp3) is 0.408. The van der Waals surface area contributed by atoms with Crippen LogP contribution in [0.15, 0.2) is 84.9 Å². The number of benzene rings is 4. The molecule has 0 saturated carbocycles. The van der Waals surface area contributed by atoms with E-state index in [1.54, 1.807) is 0 Å². The summed E-state index contributed by atoms with van der Waals surface area (Å²) in [7, 11) is 0. The van der Waals surface area contributed by atoms with Gasteiger partial charge in [0.05, 0.1) is 11.1 Å². The molecule has 0 bridgehead atoms. The minimum atomic E-state index is -0.963. The molecule has 3 fully saturated rings. The first-order chi connectivity index (χ1) is 29.2. The molecule has 4 aromatic carbocycles. The maximum Gasteiger partial charge on any atom is 0.262 e. The van der Waals surface area contributed by atoms with Gasteiger partial charge >= 0.3 is 0 Å². The Morgan fingerprint density at radius 2 is 1.37 bits per heavy atom. The van der Waals surface area contributed by atoms with Gasteiger partial charge in [0.1, 0.15) is 11.8 Å². The number of piperidine rings is 3. The Balaban J connectivity index is 0.710. The van der Waals surface area contributed by atoms with E-state index in [-0.39, 0.29) is 30.6 Å². The van der Waals surface area contributed by atoms with Crippen LogP contribution in [0, 0.1) is 11.8 Å². The Kier molecular flexibility index (Phi) is 10.0. The molecular weight excluding hydrogens is 755 g/mol. The number of hydrogen-bond donors (Lipinski definition) is 2. The molecule has 11 heteroatoms. The van der Waals surface area contributed by atoms with Crippen molar-refractivity contribution in [2.45, 2.75) is 82.3 Å². The molecule has 0 radical (unpaired) electrons. The van der Waals surface area contributed by atoms with E-state index < -0.39 is 23.8 Å². The average molecular weight is 806 g/mol. The van der Waals surface area contributed by atoms with Gasteiger partial charge in [-0.25, -0.2) is 0 Å². The number of rotatable bonds is 7. The minimum Gasteiger partial charge on any atom is -0.508 e. The normalized spacial score (nSPS) is 23.7. The SMILES string of the molecule is O=C1CC[C@@H](N2C(=O)c3cc4c(cc3C2=O)CN(CC2CCN(C(=O)C3CCN(c5ccc([C@@H]6c7ccc(O)cc7CC[C@@H]6c6ccccc6)cc5)CC3)CC2)C4)C(=O)N1. The van der Waals surface area contributed by atoms with Crippen LogP contribution in [0.3, 0.4) is 0 Å². The van der Waals surface area contributed by atoms with Crippen LogP contribution in [0.1, 0.15) is 111 Å². The lowest BCUT2D eigenvalue weighted by atomic mass is 9.69. The second-order valence-corrected chi connectivity index (χ2v) is 17.8. The second kappa shape index (κ2) is 15.7. The highest BCUT2D eigenvalue weighted by Gasteiger charge is 2.45. The van der Waals surface area contributed by atoms with Crippen molar-refractivity contribution in [3.63, 3.8) is 0 Å². The van der Waals surface area contributed by atoms with Crippen molar-refractivity contribution in [2.75, 3.05) is 37.6 Å². The molecule has 1 aliphatic carbocycles. The van der Waals surface area contributed by atoms with Crippen molar-refractivity contribution in [1.82, 2.24) is 20.0 Å². The number of phenols is 1. The van der Waals surface area contributed by atoms with E-state index in [2.05, 4.69) is 80.7 Å². The molecule has 5 amide bonds. The lowest BCUT2D eigenvalue weighted by Gasteiger charge is -2.39. The number of carbonyl (C=O) groups excluding carboxylic acids is 5. The van der Waals surface area contributed by atoms with E-state index >= 15 is 0 Å². The lowest BCUT2D eigenvalue weighted by molar-refractivity contribution is -0.138. The highest BCUT2D eigenvalue weighted by atomic mass is 16.3. The van der Waals surface area contributed by atoms with Crippen LogP contribution in [-0.2, 0) is 33.9 Å². The summed E-state index contributed by atoms with van der Waals surface area (Å²) in [5, 5.41) is 12.5. The van der Waals surface area contributed by atoms with E-state index in [0.29, 0.717) is 47.7 Å². The van der Waals surface area contributed by atoms with Gasteiger partial charge in [-0.3, -0.25) is 39.1 Å². The second-order valence-electron chi connectivity index (χ2n) is 17.8. The van der Waals surface area contributed by atoms with Crippen LogP contribution in [0.25, 0.3) is 0 Å². The van der Waals surface area contributed by atoms with Gasteiger partial charge in [0, 0.05) is 69.8 Å². The third-order valence-corrected chi connectivity index (χ3v) is 14.3. The zero-order valence-electron chi connectivity index (χ0n) is 33.9. The minimum absolute atomic E-state index is 0.0465. The number of likely N-dealkylation sites (tertiary alicyclic amines) is 1. The maximum atomic E-state index is 13.8. The maximum absolute atomic E-state index is 13.8. The van der Waals surface area contributed by atoms with Gasteiger partial charge in [0.2, 0.25) is 17.7 Å². The summed E-state index contributed by atoms with van der Waals surface area (Å²) in [6.07, 6.45) is 5.83. The molecule has 2 N–H and O–H groups in total. The quantitative estimate of drug-likeness (QED) is 0.214. The number of nitrogens with zero attached hydrogens (tertiary/aromatic N) is 4. The van der Waals surface area contributed by atoms with Gasteiger partial charge in [-0.05, 0) is 127 Å². The Hall–Kier alpha value is -5.81. The van der Waals surface area contributed by atoms with Crippen LogP contribution in [-0.4, -0.2) is 88.1 Å². The summed E-state index contributed by atoms with van der Waals surface area (Å²) in [5.74, 6) is -0.215. The number of phenolic OH excluding ortho intramolecular Hbond substituents is 1.